The molecule has 3 rings (SSSR count). The number of alkyl halides is 3. The second-order valence-corrected chi connectivity index (χ2v) is 7.77. The standard InChI is InChI=1S/C19H22N4O5.C2HF3O2/c1-12-7-23(19(27)21-17(12)25)10-16(24)22-8-14(15(20)9-22)11-28-18(26)13-5-3-2-4-6-13;3-2(4,5)1(6)7/h2-7,14-15H,8-11,20H2,1H3,(H,21,25,27);(H,6,7)/t14-,15+;/m1./s1. The Hall–Kier alpha value is -3.94. The number of carboxylic acid groups (broad SMARTS) is 1. The van der Waals surface area contributed by atoms with E-state index in [1.165, 1.54) is 10.8 Å². The predicted octanol–water partition coefficient (Wildman–Crippen LogP) is -1.93. The van der Waals surface area contributed by atoms with Crippen molar-refractivity contribution in [3.8, 4) is 0 Å². The third kappa shape index (κ3) is 7.81. The number of carboxylic acids is 1. The molecular formula is C21H23F3N4O7. The number of esters is 1. The van der Waals surface area contributed by atoms with Crippen LogP contribution in [0.4, 0.5) is 13.2 Å². The number of aryl methyl sites for hydroxylation is 1. The van der Waals surface area contributed by atoms with Gasteiger partial charge in [-0.2, -0.15) is 13.2 Å². The third-order valence-corrected chi connectivity index (χ3v) is 5.09. The minimum absolute atomic E-state index is 0.0781. The number of rotatable bonds is 5. The number of hydrogen-bond acceptors (Lipinski definition) is 7. The van der Waals surface area contributed by atoms with Gasteiger partial charge in [0, 0.05) is 18.3 Å². The molecule has 0 aliphatic carbocycles. The lowest BCUT2D eigenvalue weighted by Crippen LogP contribution is -2.65. The molecule has 0 bridgehead atoms. The van der Waals surface area contributed by atoms with Gasteiger partial charge in [-0.15, -0.1) is 0 Å². The molecule has 2 aromatic rings. The lowest BCUT2D eigenvalue weighted by atomic mass is 10.1. The Labute approximate surface area is 195 Å². The number of benzene rings is 1. The van der Waals surface area contributed by atoms with E-state index in [9.17, 15) is 32.3 Å². The Morgan fingerprint density at radius 3 is 2.34 bits per heavy atom. The van der Waals surface area contributed by atoms with E-state index in [0.29, 0.717) is 24.2 Å². The van der Waals surface area contributed by atoms with E-state index in [1.54, 1.807) is 36.1 Å². The summed E-state index contributed by atoms with van der Waals surface area (Å²) in [5, 5.41) is 8.78. The van der Waals surface area contributed by atoms with Gasteiger partial charge in [-0.25, -0.2) is 9.59 Å². The second-order valence-electron chi connectivity index (χ2n) is 7.77. The lowest BCUT2D eigenvalue weighted by molar-refractivity contribution is -0.425. The number of hydrogen-bond donors (Lipinski definition) is 2. The largest absolute Gasteiger partial charge is 0.542 e. The molecule has 1 fully saturated rings. The first-order valence-corrected chi connectivity index (χ1v) is 10.2. The summed E-state index contributed by atoms with van der Waals surface area (Å²) in [5.74, 6) is -3.75. The number of H-pyrrole nitrogens is 1. The molecule has 1 aromatic carbocycles. The van der Waals surface area contributed by atoms with Gasteiger partial charge in [0.15, 0.2) is 0 Å². The van der Waals surface area contributed by atoms with E-state index >= 15 is 0 Å². The summed E-state index contributed by atoms with van der Waals surface area (Å²) in [6.07, 6.45) is -3.82. The average Bonchev–Trinajstić information content (AvgIpc) is 3.16. The molecule has 0 spiro atoms. The SMILES string of the molecule is Cc1cn(CC(=O)N2C[C@H](COC(=O)c3ccccc3)[C@@H]([NH3+])C2)c(=O)[nH]c1=O.O=C([O-])C(F)(F)F. The van der Waals surface area contributed by atoms with Crippen molar-refractivity contribution in [3.63, 3.8) is 0 Å². The van der Waals surface area contributed by atoms with Crippen molar-refractivity contribution >= 4 is 17.8 Å². The number of aromatic amines is 1. The highest BCUT2D eigenvalue weighted by atomic mass is 19.4. The molecule has 14 heteroatoms. The van der Waals surface area contributed by atoms with E-state index in [1.807, 2.05) is 6.07 Å². The maximum atomic E-state index is 12.6. The first-order chi connectivity index (χ1) is 16.3. The van der Waals surface area contributed by atoms with E-state index < -0.39 is 29.4 Å². The smallest absolute Gasteiger partial charge is 0.430 e. The van der Waals surface area contributed by atoms with Crippen molar-refractivity contribution in [1.29, 1.82) is 0 Å². The van der Waals surface area contributed by atoms with Gasteiger partial charge in [0.25, 0.3) is 5.56 Å². The molecule has 0 radical (unpaired) electrons. The molecule has 1 aliphatic heterocycles. The van der Waals surface area contributed by atoms with E-state index in [0.717, 1.165) is 0 Å². The van der Waals surface area contributed by atoms with Crippen molar-refractivity contribution in [2.75, 3.05) is 19.7 Å². The van der Waals surface area contributed by atoms with E-state index in [-0.39, 0.29) is 31.0 Å². The molecule has 1 aliphatic rings. The van der Waals surface area contributed by atoms with Crippen molar-refractivity contribution in [3.05, 3.63) is 68.5 Å². The fourth-order valence-electron chi connectivity index (χ4n) is 3.15. The van der Waals surface area contributed by atoms with Crippen LogP contribution >= 0.6 is 0 Å². The summed E-state index contributed by atoms with van der Waals surface area (Å²) < 4.78 is 38.1. The Morgan fingerprint density at radius 2 is 1.77 bits per heavy atom. The highest BCUT2D eigenvalue weighted by Gasteiger charge is 2.36. The Balaban J connectivity index is 0.000000540. The van der Waals surface area contributed by atoms with Gasteiger partial charge in [-0.1, -0.05) is 18.2 Å². The molecule has 1 aromatic heterocycles. The zero-order valence-corrected chi connectivity index (χ0v) is 18.5. The number of aliphatic carboxylic acids is 1. The first-order valence-electron chi connectivity index (χ1n) is 10.2. The number of nitrogens with zero attached hydrogens (tertiary/aromatic N) is 2. The van der Waals surface area contributed by atoms with Crippen LogP contribution in [-0.4, -0.2) is 64.2 Å². The normalized spacial score (nSPS) is 17.3. The molecule has 1 saturated heterocycles. The maximum absolute atomic E-state index is 12.6. The summed E-state index contributed by atoms with van der Waals surface area (Å²) in [6, 6.07) is 8.62. The van der Waals surface area contributed by atoms with Crippen molar-refractivity contribution in [2.45, 2.75) is 25.7 Å². The predicted molar refractivity (Wildman–Crippen MR) is 111 cm³/mol. The summed E-state index contributed by atoms with van der Waals surface area (Å²) in [6.45, 7) is 2.39. The van der Waals surface area contributed by atoms with Crippen LogP contribution in [0, 0.1) is 12.8 Å². The monoisotopic (exact) mass is 500 g/mol. The van der Waals surface area contributed by atoms with Crippen LogP contribution in [0.3, 0.4) is 0 Å². The zero-order chi connectivity index (χ0) is 26.3. The Bertz CT molecular complexity index is 1180. The van der Waals surface area contributed by atoms with Crippen LogP contribution in [-0.2, 0) is 20.9 Å². The highest BCUT2D eigenvalue weighted by molar-refractivity contribution is 5.89. The number of halogens is 3. The average molecular weight is 500 g/mol. The van der Waals surface area contributed by atoms with E-state index in [2.05, 4.69) is 10.7 Å². The van der Waals surface area contributed by atoms with Crippen molar-refractivity contribution in [1.82, 2.24) is 14.5 Å². The molecule has 0 saturated carbocycles. The number of nitrogens with one attached hydrogen (secondary N) is 1. The van der Waals surface area contributed by atoms with Gasteiger partial charge >= 0.3 is 17.8 Å². The minimum atomic E-state index is -5.19. The van der Waals surface area contributed by atoms with Crippen LogP contribution < -0.4 is 22.1 Å². The Morgan fingerprint density at radius 1 is 1.17 bits per heavy atom. The number of likely N-dealkylation sites (tertiary alicyclic amines) is 1. The molecule has 2 atom stereocenters. The number of carbonyl (C=O) groups is 3. The van der Waals surface area contributed by atoms with Gasteiger partial charge < -0.3 is 25.3 Å². The highest BCUT2D eigenvalue weighted by Crippen LogP contribution is 2.16. The number of quaternary nitrogens is 1. The first kappa shape index (κ1) is 27.3. The second kappa shape index (κ2) is 11.5. The van der Waals surface area contributed by atoms with E-state index in [4.69, 9.17) is 14.6 Å². The number of ether oxygens (including phenoxy) is 1. The van der Waals surface area contributed by atoms with Crippen LogP contribution in [0.1, 0.15) is 15.9 Å². The molecule has 4 N–H and O–H groups in total. The summed E-state index contributed by atoms with van der Waals surface area (Å²) >= 11 is 0. The molecular weight excluding hydrogens is 477 g/mol. The zero-order valence-electron chi connectivity index (χ0n) is 18.5. The van der Waals surface area contributed by atoms with Gasteiger partial charge in [0.1, 0.15) is 25.2 Å². The maximum Gasteiger partial charge on any atom is 0.430 e. The third-order valence-electron chi connectivity index (χ3n) is 5.09. The summed E-state index contributed by atoms with van der Waals surface area (Å²) in [5.41, 5.74) is 3.79. The molecule has 1 amide bonds. The van der Waals surface area contributed by atoms with Crippen molar-refractivity contribution < 1.29 is 43.1 Å². The number of amides is 1. The molecule has 35 heavy (non-hydrogen) atoms. The summed E-state index contributed by atoms with van der Waals surface area (Å²) in [4.78, 5) is 60.5. The molecule has 190 valence electrons. The molecule has 0 unspecified atom stereocenters. The molecule has 11 nitrogen and oxygen atoms in total. The lowest BCUT2D eigenvalue weighted by Gasteiger charge is -2.16. The van der Waals surface area contributed by atoms with Gasteiger partial charge in [-0.05, 0) is 19.1 Å². The van der Waals surface area contributed by atoms with Gasteiger partial charge in [0.2, 0.25) is 5.91 Å². The van der Waals surface area contributed by atoms with Crippen LogP contribution in [0.15, 0.2) is 46.1 Å². The summed E-state index contributed by atoms with van der Waals surface area (Å²) in [7, 11) is 0. The molecule has 2 heterocycles. The van der Waals surface area contributed by atoms with Gasteiger partial charge in [-0.3, -0.25) is 19.1 Å². The number of aromatic nitrogens is 2. The quantitative estimate of drug-likeness (QED) is 0.451. The van der Waals surface area contributed by atoms with Gasteiger partial charge in [0.05, 0.1) is 18.0 Å². The van der Waals surface area contributed by atoms with Crippen LogP contribution in [0.5, 0.6) is 0 Å². The fourth-order valence-corrected chi connectivity index (χ4v) is 3.15. The topological polar surface area (TPSA) is 169 Å². The van der Waals surface area contributed by atoms with Crippen LogP contribution in [0.25, 0.3) is 0 Å². The minimum Gasteiger partial charge on any atom is -0.542 e. The fraction of sp³-hybridized carbons (Fsp3) is 0.381. The number of carbonyl (C=O) groups excluding carboxylic acids is 3. The Kier molecular flexibility index (Phi) is 8.94. The van der Waals surface area contributed by atoms with Crippen molar-refractivity contribution in [2.24, 2.45) is 5.92 Å². The van der Waals surface area contributed by atoms with Crippen LogP contribution in [0.2, 0.25) is 0 Å².